The van der Waals surface area contributed by atoms with Crippen molar-refractivity contribution in [2.45, 2.75) is 31.6 Å². The highest BCUT2D eigenvalue weighted by atomic mass is 32.2. The van der Waals surface area contributed by atoms with Crippen LogP contribution in [-0.4, -0.2) is 68.0 Å². The molecule has 1 unspecified atom stereocenters. The van der Waals surface area contributed by atoms with Crippen molar-refractivity contribution < 1.29 is 17.7 Å². The molecule has 1 N–H and O–H groups in total. The number of carbonyl (C=O) groups is 1. The lowest BCUT2D eigenvalue weighted by molar-refractivity contribution is -0.137. The average Bonchev–Trinajstić information content (AvgIpc) is 2.94. The van der Waals surface area contributed by atoms with E-state index in [1.165, 1.54) is 4.31 Å². The number of piperidine rings is 1. The van der Waals surface area contributed by atoms with Gasteiger partial charge in [-0.05, 0) is 33.2 Å². The van der Waals surface area contributed by atoms with Crippen LogP contribution < -0.4 is 5.32 Å². The first-order chi connectivity index (χ1) is 11.4. The number of hydrogen-bond donors (Lipinski definition) is 1. The van der Waals surface area contributed by atoms with Gasteiger partial charge in [0, 0.05) is 32.7 Å². The van der Waals surface area contributed by atoms with E-state index in [4.69, 9.17) is 4.52 Å². The molecule has 0 aromatic carbocycles. The molecule has 0 saturated carbocycles. The first-order valence-electron chi connectivity index (χ1n) is 8.34. The summed E-state index contributed by atoms with van der Waals surface area (Å²) in [6.45, 7) is 6.37. The summed E-state index contributed by atoms with van der Waals surface area (Å²) in [5.41, 5.74) is 0.374. The van der Waals surface area contributed by atoms with Crippen molar-refractivity contribution in [1.29, 1.82) is 0 Å². The molecule has 134 valence electrons. The number of nitrogens with zero attached hydrogens (tertiary/aromatic N) is 3. The first-order valence-corrected chi connectivity index (χ1v) is 9.78. The Hall–Kier alpha value is -1.45. The summed E-state index contributed by atoms with van der Waals surface area (Å²) in [7, 11) is -3.63. The van der Waals surface area contributed by atoms with Gasteiger partial charge in [0.15, 0.2) is 5.76 Å². The van der Waals surface area contributed by atoms with Gasteiger partial charge in [0.05, 0.1) is 5.92 Å². The standard InChI is InChI=1S/C15H24N4O4S/c1-11-14(12(2)23-17-11)24(21,22)19-8-6-18(7-9-19)15(20)13-4-3-5-16-10-13/h13,16H,3-10H2,1-2H3. The summed E-state index contributed by atoms with van der Waals surface area (Å²) in [5, 5.41) is 6.98. The molecule has 0 bridgehead atoms. The van der Waals surface area contributed by atoms with Gasteiger partial charge in [-0.25, -0.2) is 8.42 Å². The van der Waals surface area contributed by atoms with Gasteiger partial charge in [0.25, 0.3) is 0 Å². The molecule has 24 heavy (non-hydrogen) atoms. The summed E-state index contributed by atoms with van der Waals surface area (Å²) >= 11 is 0. The molecule has 0 radical (unpaired) electrons. The van der Waals surface area contributed by atoms with E-state index in [1.54, 1.807) is 18.7 Å². The molecule has 2 fully saturated rings. The van der Waals surface area contributed by atoms with Gasteiger partial charge in [-0.1, -0.05) is 5.16 Å². The molecule has 0 spiro atoms. The van der Waals surface area contributed by atoms with Gasteiger partial charge in [0.1, 0.15) is 10.6 Å². The Balaban J connectivity index is 1.65. The Morgan fingerprint density at radius 3 is 2.50 bits per heavy atom. The van der Waals surface area contributed by atoms with E-state index in [0.717, 1.165) is 25.9 Å². The zero-order valence-corrected chi connectivity index (χ0v) is 14.9. The molecular weight excluding hydrogens is 332 g/mol. The molecule has 1 aromatic rings. The minimum atomic E-state index is -3.63. The third-order valence-corrected chi connectivity index (χ3v) is 6.91. The molecule has 9 heteroatoms. The van der Waals surface area contributed by atoms with Crippen molar-refractivity contribution in [3.8, 4) is 0 Å². The number of piperazine rings is 1. The van der Waals surface area contributed by atoms with Gasteiger partial charge >= 0.3 is 0 Å². The number of hydrogen-bond acceptors (Lipinski definition) is 6. The number of amides is 1. The monoisotopic (exact) mass is 356 g/mol. The lowest BCUT2D eigenvalue weighted by atomic mass is 9.98. The molecule has 1 amide bonds. The van der Waals surface area contributed by atoms with Crippen molar-refractivity contribution >= 4 is 15.9 Å². The summed E-state index contributed by atoms with van der Waals surface area (Å²) in [6.07, 6.45) is 1.92. The van der Waals surface area contributed by atoms with Crippen molar-refractivity contribution in [2.24, 2.45) is 5.92 Å². The SMILES string of the molecule is Cc1noc(C)c1S(=O)(=O)N1CCN(C(=O)C2CCCNC2)CC1. The van der Waals surface area contributed by atoms with E-state index in [2.05, 4.69) is 10.5 Å². The van der Waals surface area contributed by atoms with Gasteiger partial charge in [-0.2, -0.15) is 4.31 Å². The zero-order valence-electron chi connectivity index (χ0n) is 14.1. The molecule has 3 heterocycles. The van der Waals surface area contributed by atoms with Crippen LogP contribution in [0.15, 0.2) is 9.42 Å². The second-order valence-electron chi connectivity index (χ2n) is 6.43. The highest BCUT2D eigenvalue weighted by Crippen LogP contribution is 2.24. The third-order valence-electron chi connectivity index (χ3n) is 4.76. The predicted octanol–water partition coefficient (Wildman–Crippen LogP) is 0.124. The summed E-state index contributed by atoms with van der Waals surface area (Å²) < 4.78 is 32.0. The third kappa shape index (κ3) is 3.20. The Morgan fingerprint density at radius 2 is 1.96 bits per heavy atom. The maximum atomic E-state index is 12.8. The summed E-state index contributed by atoms with van der Waals surface area (Å²) in [4.78, 5) is 14.5. The van der Waals surface area contributed by atoms with Crippen LogP contribution in [0.1, 0.15) is 24.3 Å². The van der Waals surface area contributed by atoms with Crippen molar-refractivity contribution in [2.75, 3.05) is 39.3 Å². The van der Waals surface area contributed by atoms with Crippen LogP contribution in [0.5, 0.6) is 0 Å². The predicted molar refractivity (Wildman–Crippen MR) is 86.9 cm³/mol. The molecule has 0 aliphatic carbocycles. The van der Waals surface area contributed by atoms with E-state index in [0.29, 0.717) is 37.6 Å². The van der Waals surface area contributed by atoms with Crippen LogP contribution in [0.2, 0.25) is 0 Å². The normalized spacial score (nSPS) is 23.4. The van der Waals surface area contributed by atoms with Crippen molar-refractivity contribution in [3.05, 3.63) is 11.5 Å². The van der Waals surface area contributed by atoms with E-state index in [9.17, 15) is 13.2 Å². The lowest BCUT2D eigenvalue weighted by Gasteiger charge is -2.36. The van der Waals surface area contributed by atoms with Crippen LogP contribution >= 0.6 is 0 Å². The van der Waals surface area contributed by atoms with E-state index < -0.39 is 10.0 Å². The minimum absolute atomic E-state index is 0.0180. The summed E-state index contributed by atoms with van der Waals surface area (Å²) in [6, 6.07) is 0. The maximum absolute atomic E-state index is 12.8. The van der Waals surface area contributed by atoms with Crippen LogP contribution in [0, 0.1) is 19.8 Å². The summed E-state index contributed by atoms with van der Waals surface area (Å²) in [5.74, 6) is 0.459. The highest BCUT2D eigenvalue weighted by Gasteiger charge is 2.35. The highest BCUT2D eigenvalue weighted by molar-refractivity contribution is 7.89. The van der Waals surface area contributed by atoms with Gasteiger partial charge in [0.2, 0.25) is 15.9 Å². The van der Waals surface area contributed by atoms with Crippen LogP contribution in [0.25, 0.3) is 0 Å². The fraction of sp³-hybridized carbons (Fsp3) is 0.733. The van der Waals surface area contributed by atoms with Gasteiger partial charge in [-0.3, -0.25) is 4.79 Å². The second kappa shape index (κ2) is 6.81. The Kier molecular flexibility index (Phi) is 4.93. The van der Waals surface area contributed by atoms with Gasteiger partial charge < -0.3 is 14.7 Å². The molecule has 2 aliphatic heterocycles. The molecule has 2 aliphatic rings. The number of aromatic nitrogens is 1. The van der Waals surface area contributed by atoms with E-state index in [1.807, 2.05) is 0 Å². The van der Waals surface area contributed by atoms with Gasteiger partial charge in [-0.15, -0.1) is 0 Å². The quantitative estimate of drug-likeness (QED) is 0.827. The minimum Gasteiger partial charge on any atom is -0.360 e. The van der Waals surface area contributed by atoms with E-state index >= 15 is 0 Å². The average molecular weight is 356 g/mol. The van der Waals surface area contributed by atoms with Crippen molar-refractivity contribution in [1.82, 2.24) is 19.7 Å². The molecule has 8 nitrogen and oxygen atoms in total. The number of sulfonamides is 1. The maximum Gasteiger partial charge on any atom is 0.248 e. The largest absolute Gasteiger partial charge is 0.360 e. The van der Waals surface area contributed by atoms with Crippen LogP contribution in [-0.2, 0) is 14.8 Å². The smallest absolute Gasteiger partial charge is 0.248 e. The fourth-order valence-corrected chi connectivity index (χ4v) is 5.15. The number of rotatable bonds is 3. The van der Waals surface area contributed by atoms with Crippen molar-refractivity contribution in [3.63, 3.8) is 0 Å². The van der Waals surface area contributed by atoms with E-state index in [-0.39, 0.29) is 16.7 Å². The first kappa shape index (κ1) is 17.4. The Bertz CT molecular complexity index is 682. The molecule has 1 aromatic heterocycles. The second-order valence-corrected chi connectivity index (χ2v) is 8.30. The zero-order chi connectivity index (χ0) is 17.3. The molecular formula is C15H24N4O4S. The number of aryl methyl sites for hydroxylation is 2. The Morgan fingerprint density at radius 1 is 1.25 bits per heavy atom. The fourth-order valence-electron chi connectivity index (χ4n) is 3.44. The molecule has 1 atom stereocenters. The number of nitrogens with one attached hydrogen (secondary N) is 1. The van der Waals surface area contributed by atoms with Crippen LogP contribution in [0.3, 0.4) is 0 Å². The molecule has 3 rings (SSSR count). The molecule has 2 saturated heterocycles. The number of carbonyl (C=O) groups excluding carboxylic acids is 1. The lowest BCUT2D eigenvalue weighted by Crippen LogP contribution is -2.53. The van der Waals surface area contributed by atoms with Crippen LogP contribution in [0.4, 0.5) is 0 Å². The Labute approximate surface area is 142 Å². The topological polar surface area (TPSA) is 95.8 Å².